The number of hydrogen-bond acceptors (Lipinski definition) is 4. The van der Waals surface area contributed by atoms with Crippen molar-refractivity contribution in [2.24, 2.45) is 5.92 Å². The van der Waals surface area contributed by atoms with Crippen LogP contribution >= 0.6 is 0 Å². The number of nitrogens with one attached hydrogen (secondary N) is 1. The Kier molecular flexibility index (Phi) is 5.16. The highest BCUT2D eigenvalue weighted by molar-refractivity contribution is 5.76. The molecule has 1 amide bonds. The van der Waals surface area contributed by atoms with Crippen molar-refractivity contribution in [2.75, 3.05) is 58.9 Å². The maximum atomic E-state index is 12.9. The summed E-state index contributed by atoms with van der Waals surface area (Å²) in [6, 6.07) is 11.2. The molecule has 0 saturated carbocycles. The molecule has 6 rings (SSSR count). The zero-order valence-corrected chi connectivity index (χ0v) is 17.0. The van der Waals surface area contributed by atoms with E-state index in [1.807, 2.05) is 0 Å². The highest BCUT2D eigenvalue weighted by Gasteiger charge is 2.55. The summed E-state index contributed by atoms with van der Waals surface area (Å²) in [5.41, 5.74) is 1.43. The molecular weight excluding hydrogens is 348 g/mol. The Hall–Kier alpha value is -1.43. The Balaban J connectivity index is 1.31. The molecule has 5 aliphatic heterocycles. The van der Waals surface area contributed by atoms with Crippen LogP contribution in [0.5, 0.6) is 0 Å². The summed E-state index contributed by atoms with van der Waals surface area (Å²) < 4.78 is 0. The van der Waals surface area contributed by atoms with Gasteiger partial charge in [0.15, 0.2) is 0 Å². The van der Waals surface area contributed by atoms with Crippen LogP contribution in [0.25, 0.3) is 0 Å². The van der Waals surface area contributed by atoms with Gasteiger partial charge in [-0.1, -0.05) is 30.3 Å². The monoisotopic (exact) mass is 382 g/mol. The van der Waals surface area contributed by atoms with E-state index in [9.17, 15) is 4.79 Å². The zero-order chi connectivity index (χ0) is 19.0. The van der Waals surface area contributed by atoms with Crippen LogP contribution in [-0.4, -0.2) is 85.6 Å². The molecule has 0 spiro atoms. The second-order valence-electron chi connectivity index (χ2n) is 9.45. The van der Waals surface area contributed by atoms with Gasteiger partial charge in [0.25, 0.3) is 0 Å². The lowest BCUT2D eigenvalue weighted by Gasteiger charge is -2.55. The van der Waals surface area contributed by atoms with Crippen molar-refractivity contribution < 1.29 is 4.79 Å². The molecule has 3 atom stereocenters. The van der Waals surface area contributed by atoms with Gasteiger partial charge in [0.05, 0.1) is 0 Å². The van der Waals surface area contributed by atoms with Crippen LogP contribution in [-0.2, 0) is 10.2 Å². The molecule has 0 aromatic heterocycles. The maximum Gasteiger partial charge on any atom is 0.220 e. The Labute approximate surface area is 169 Å². The first-order valence-corrected chi connectivity index (χ1v) is 11.2. The van der Waals surface area contributed by atoms with Crippen LogP contribution in [0.3, 0.4) is 0 Å². The van der Waals surface area contributed by atoms with Crippen LogP contribution < -0.4 is 5.32 Å². The number of carbonyl (C=O) groups excluding carboxylic acids is 1. The van der Waals surface area contributed by atoms with E-state index in [0.29, 0.717) is 12.3 Å². The molecule has 1 aromatic carbocycles. The van der Waals surface area contributed by atoms with Crippen LogP contribution in [0.2, 0.25) is 0 Å². The molecule has 1 N–H and O–H groups in total. The lowest BCUT2D eigenvalue weighted by Crippen LogP contribution is -2.70. The van der Waals surface area contributed by atoms with Crippen molar-refractivity contribution in [2.45, 2.75) is 37.1 Å². The van der Waals surface area contributed by atoms with E-state index < -0.39 is 0 Å². The molecule has 1 aromatic rings. The van der Waals surface area contributed by atoms with E-state index in [-0.39, 0.29) is 17.4 Å². The third kappa shape index (κ3) is 3.49. The summed E-state index contributed by atoms with van der Waals surface area (Å²) >= 11 is 0. The Bertz CT molecular complexity index is 671. The minimum absolute atomic E-state index is 0.0313. The number of hydrogen-bond donors (Lipinski definition) is 1. The largest absolute Gasteiger partial charge is 0.352 e. The summed E-state index contributed by atoms with van der Waals surface area (Å²) in [4.78, 5) is 20.7. The van der Waals surface area contributed by atoms with Crippen molar-refractivity contribution in [1.29, 1.82) is 0 Å². The number of piperidine rings is 2. The molecule has 5 heteroatoms. The highest BCUT2D eigenvalue weighted by atomic mass is 16.1. The van der Waals surface area contributed by atoms with Crippen LogP contribution in [0.4, 0.5) is 0 Å². The van der Waals surface area contributed by atoms with Gasteiger partial charge in [0.1, 0.15) is 0 Å². The first-order valence-electron chi connectivity index (χ1n) is 11.2. The van der Waals surface area contributed by atoms with Crippen molar-refractivity contribution in [3.05, 3.63) is 35.9 Å². The number of amides is 1. The van der Waals surface area contributed by atoms with E-state index in [4.69, 9.17) is 0 Å². The first-order chi connectivity index (χ1) is 13.7. The number of nitrogens with zero attached hydrogens (tertiary/aromatic N) is 3. The van der Waals surface area contributed by atoms with Gasteiger partial charge >= 0.3 is 0 Å². The number of fused-ring (bicyclic) bond motifs is 1. The SMILES string of the molecule is O=C(CCCN1CCCC1)N[C@H]1C2CN3CCN(C2)CC1(c1ccccc1)C3. The van der Waals surface area contributed by atoms with Crippen LogP contribution in [0.1, 0.15) is 31.2 Å². The van der Waals surface area contributed by atoms with Gasteiger partial charge in [0, 0.05) is 63.1 Å². The average molecular weight is 383 g/mol. The van der Waals surface area contributed by atoms with Gasteiger partial charge in [-0.2, -0.15) is 0 Å². The van der Waals surface area contributed by atoms with Crippen molar-refractivity contribution >= 4 is 5.91 Å². The number of rotatable bonds is 6. The predicted molar refractivity (Wildman–Crippen MR) is 111 cm³/mol. The van der Waals surface area contributed by atoms with E-state index in [1.54, 1.807) is 0 Å². The van der Waals surface area contributed by atoms with Crippen molar-refractivity contribution in [1.82, 2.24) is 20.0 Å². The van der Waals surface area contributed by atoms with Gasteiger partial charge in [-0.05, 0) is 44.5 Å². The van der Waals surface area contributed by atoms with E-state index in [1.165, 1.54) is 44.6 Å². The van der Waals surface area contributed by atoms with Crippen LogP contribution in [0.15, 0.2) is 30.3 Å². The van der Waals surface area contributed by atoms with Gasteiger partial charge in [-0.15, -0.1) is 0 Å². The maximum absolute atomic E-state index is 12.9. The summed E-state index contributed by atoms with van der Waals surface area (Å²) in [5.74, 6) is 0.795. The average Bonchev–Trinajstić information content (AvgIpc) is 3.09. The fourth-order valence-electron chi connectivity index (χ4n) is 6.28. The van der Waals surface area contributed by atoms with Crippen molar-refractivity contribution in [3.8, 4) is 0 Å². The van der Waals surface area contributed by atoms with E-state index >= 15 is 0 Å². The number of likely N-dealkylation sites (tertiary alicyclic amines) is 1. The molecule has 2 unspecified atom stereocenters. The van der Waals surface area contributed by atoms with Gasteiger partial charge in [-0.3, -0.25) is 4.79 Å². The number of carbonyl (C=O) groups is 1. The van der Waals surface area contributed by atoms with Gasteiger partial charge in [-0.25, -0.2) is 0 Å². The summed E-state index contributed by atoms with van der Waals surface area (Å²) in [5, 5.41) is 3.54. The van der Waals surface area contributed by atoms with E-state index in [2.05, 4.69) is 50.3 Å². The molecule has 5 fully saturated rings. The molecule has 4 bridgehead atoms. The highest BCUT2D eigenvalue weighted by Crippen LogP contribution is 2.43. The molecule has 5 heterocycles. The Morgan fingerprint density at radius 3 is 2.36 bits per heavy atom. The fraction of sp³-hybridized carbons (Fsp3) is 0.696. The lowest BCUT2D eigenvalue weighted by atomic mass is 9.64. The molecule has 5 nitrogen and oxygen atoms in total. The summed E-state index contributed by atoms with van der Waals surface area (Å²) in [6.45, 7) is 10.2. The first kappa shape index (κ1) is 18.6. The quantitative estimate of drug-likeness (QED) is 0.810. The predicted octanol–water partition coefficient (Wildman–Crippen LogP) is 1.55. The third-order valence-corrected chi connectivity index (χ3v) is 7.54. The molecule has 5 saturated heterocycles. The molecule has 0 aliphatic carbocycles. The smallest absolute Gasteiger partial charge is 0.220 e. The number of benzene rings is 1. The third-order valence-electron chi connectivity index (χ3n) is 7.54. The topological polar surface area (TPSA) is 38.8 Å². The van der Waals surface area contributed by atoms with Gasteiger partial charge < -0.3 is 20.0 Å². The fourth-order valence-corrected chi connectivity index (χ4v) is 6.28. The molecular formula is C23H34N4O. The normalized spacial score (nSPS) is 37.1. The molecule has 28 heavy (non-hydrogen) atoms. The molecule has 152 valence electrons. The zero-order valence-electron chi connectivity index (χ0n) is 17.0. The minimum atomic E-state index is 0.0313. The van der Waals surface area contributed by atoms with Gasteiger partial charge in [0.2, 0.25) is 5.91 Å². The van der Waals surface area contributed by atoms with Crippen LogP contribution in [0, 0.1) is 5.92 Å². The standard InChI is InChI=1S/C23H34N4O/c28-21(9-6-12-25-10-4-5-11-25)24-22-19-15-26-13-14-27(16-19)18-23(22,17-26)20-7-2-1-3-8-20/h1-3,7-8,19,22H,4-6,9-18H2,(H,24,28)/t19?,22-,23?/m0/s1. The minimum Gasteiger partial charge on any atom is -0.352 e. The Morgan fingerprint density at radius 2 is 1.68 bits per heavy atom. The lowest BCUT2D eigenvalue weighted by molar-refractivity contribution is -0.124. The molecule has 0 radical (unpaired) electrons. The van der Waals surface area contributed by atoms with E-state index in [0.717, 1.165) is 39.1 Å². The second-order valence-corrected chi connectivity index (χ2v) is 9.45. The molecule has 5 aliphatic rings. The summed E-state index contributed by atoms with van der Waals surface area (Å²) in [6.07, 6.45) is 4.29. The summed E-state index contributed by atoms with van der Waals surface area (Å²) in [7, 11) is 0. The Morgan fingerprint density at radius 1 is 1.00 bits per heavy atom. The second kappa shape index (κ2) is 7.77. The van der Waals surface area contributed by atoms with Crippen molar-refractivity contribution in [3.63, 3.8) is 0 Å².